The molecule has 0 bridgehead atoms. The maximum atomic E-state index is 12.2. The number of nitrogens with one attached hydrogen (secondary N) is 2. The van der Waals surface area contributed by atoms with Crippen molar-refractivity contribution in [2.24, 2.45) is 5.92 Å². The molecule has 1 saturated heterocycles. The Morgan fingerprint density at radius 1 is 1.20 bits per heavy atom. The van der Waals surface area contributed by atoms with Crippen molar-refractivity contribution in [1.82, 2.24) is 10.6 Å². The SMILES string of the molecule is BrCc1ccc(-c2[c-]cccc2)cc1.COc1cc(N)c(Cl)cc1C(=O)NCC1CCNCC1.[Y]. The number of benzene rings is 3. The molecule has 4 N–H and O–H groups in total. The number of hydrogen-bond acceptors (Lipinski definition) is 4. The van der Waals surface area contributed by atoms with Gasteiger partial charge in [-0.25, -0.2) is 0 Å². The molecule has 0 saturated carbocycles. The van der Waals surface area contributed by atoms with Crippen LogP contribution in [0.4, 0.5) is 5.69 Å². The third-order valence-electron chi connectivity index (χ3n) is 5.70. The number of amides is 1. The molecule has 4 rings (SSSR count). The van der Waals surface area contributed by atoms with E-state index in [1.54, 1.807) is 12.1 Å². The Hall–Kier alpha value is -1.44. The zero-order valence-electron chi connectivity index (χ0n) is 19.8. The summed E-state index contributed by atoms with van der Waals surface area (Å²) in [4.78, 5) is 12.2. The molecule has 3 aromatic rings. The number of carbonyl (C=O) groups excluding carboxylic acids is 1. The molecule has 35 heavy (non-hydrogen) atoms. The third kappa shape index (κ3) is 9.18. The number of rotatable bonds is 6. The largest absolute Gasteiger partial charge is 0.496 e. The molecule has 1 aliphatic rings. The maximum absolute atomic E-state index is 12.2. The molecule has 1 fully saturated rings. The second kappa shape index (κ2) is 15.6. The maximum Gasteiger partial charge on any atom is 0.255 e. The van der Waals surface area contributed by atoms with Gasteiger partial charge in [-0.2, -0.15) is 0 Å². The fraction of sp³-hybridized carbons (Fsp3) is 0.296. The van der Waals surface area contributed by atoms with Crippen LogP contribution in [-0.4, -0.2) is 32.7 Å². The normalized spacial score (nSPS) is 13.1. The van der Waals surface area contributed by atoms with Gasteiger partial charge in [-0.15, -0.1) is 35.9 Å². The molecule has 0 atom stereocenters. The topological polar surface area (TPSA) is 76.4 Å². The monoisotopic (exact) mass is 631 g/mol. The number of hydrogen-bond donors (Lipinski definition) is 3. The number of methoxy groups -OCH3 is 1. The molecule has 1 amide bonds. The fourth-order valence-corrected chi connectivity index (χ4v) is 4.22. The first kappa shape index (κ1) is 29.8. The van der Waals surface area contributed by atoms with Crippen LogP contribution in [0.1, 0.15) is 28.8 Å². The molecule has 0 aromatic heterocycles. The summed E-state index contributed by atoms with van der Waals surface area (Å²) in [5, 5.41) is 7.51. The molecular formula is C27H30BrClN3O2Y-. The summed E-state index contributed by atoms with van der Waals surface area (Å²) in [5.74, 6) is 0.785. The molecule has 0 aliphatic carbocycles. The van der Waals surface area contributed by atoms with Crippen LogP contribution in [0.25, 0.3) is 11.1 Å². The quantitative estimate of drug-likeness (QED) is 0.185. The number of carbonyl (C=O) groups is 1. The van der Waals surface area contributed by atoms with Crippen LogP contribution in [0.15, 0.2) is 60.7 Å². The fourth-order valence-electron chi connectivity index (χ4n) is 3.68. The van der Waals surface area contributed by atoms with Crippen molar-refractivity contribution in [3.05, 3.63) is 82.9 Å². The minimum absolute atomic E-state index is 0. The first-order valence-corrected chi connectivity index (χ1v) is 12.8. The number of nitrogen functional groups attached to an aromatic ring is 1. The van der Waals surface area contributed by atoms with Gasteiger partial charge in [0.25, 0.3) is 5.91 Å². The van der Waals surface area contributed by atoms with E-state index in [9.17, 15) is 4.79 Å². The molecule has 8 heteroatoms. The average Bonchev–Trinajstić information content (AvgIpc) is 2.90. The number of nitrogens with two attached hydrogens (primary N) is 1. The number of piperidine rings is 1. The van der Waals surface area contributed by atoms with Gasteiger partial charge in [0.2, 0.25) is 0 Å². The molecular weight excluding hydrogens is 603 g/mol. The van der Waals surface area contributed by atoms with Gasteiger partial charge in [0.1, 0.15) is 5.75 Å². The van der Waals surface area contributed by atoms with E-state index in [4.69, 9.17) is 22.1 Å². The van der Waals surface area contributed by atoms with Gasteiger partial charge >= 0.3 is 0 Å². The Morgan fingerprint density at radius 3 is 2.51 bits per heavy atom. The van der Waals surface area contributed by atoms with Crippen molar-refractivity contribution in [2.75, 3.05) is 32.5 Å². The smallest absolute Gasteiger partial charge is 0.255 e. The predicted molar refractivity (Wildman–Crippen MR) is 144 cm³/mol. The third-order valence-corrected chi connectivity index (χ3v) is 6.68. The van der Waals surface area contributed by atoms with E-state index in [1.165, 1.54) is 18.2 Å². The summed E-state index contributed by atoms with van der Waals surface area (Å²) in [6.07, 6.45) is 2.17. The second-order valence-electron chi connectivity index (χ2n) is 8.08. The van der Waals surface area contributed by atoms with Gasteiger partial charge < -0.3 is 21.1 Å². The van der Waals surface area contributed by atoms with Crippen LogP contribution in [0.3, 0.4) is 0 Å². The average molecular weight is 633 g/mol. The van der Waals surface area contributed by atoms with Crippen molar-refractivity contribution >= 4 is 39.1 Å². The Morgan fingerprint density at radius 2 is 1.91 bits per heavy atom. The predicted octanol–water partition coefficient (Wildman–Crippen LogP) is 5.71. The zero-order chi connectivity index (χ0) is 24.3. The summed E-state index contributed by atoms with van der Waals surface area (Å²) in [7, 11) is 1.51. The van der Waals surface area contributed by atoms with E-state index in [1.807, 2.05) is 18.2 Å². The van der Waals surface area contributed by atoms with Crippen molar-refractivity contribution in [1.29, 1.82) is 0 Å². The number of anilines is 1. The number of halogens is 2. The van der Waals surface area contributed by atoms with E-state index in [-0.39, 0.29) is 38.6 Å². The summed E-state index contributed by atoms with van der Waals surface area (Å²) < 4.78 is 5.18. The van der Waals surface area contributed by atoms with E-state index in [2.05, 4.69) is 63.0 Å². The van der Waals surface area contributed by atoms with E-state index in [0.717, 1.165) is 36.8 Å². The van der Waals surface area contributed by atoms with E-state index in [0.29, 0.717) is 34.5 Å². The van der Waals surface area contributed by atoms with Crippen LogP contribution in [0, 0.1) is 12.0 Å². The standard InChI is InChI=1S/C14H20ClN3O2.C13H10Br.Y/c1-20-13-7-12(16)11(15)6-10(13)14(19)18-8-9-2-4-17-5-3-9;14-10-11-6-8-13(9-7-11)12-4-2-1-3-5-12;/h6-7,9,17H,2-5,8,16H2,1H3,(H,18,19);1-4,6-9H,10H2;/q;-1;. The van der Waals surface area contributed by atoms with Gasteiger partial charge in [0.05, 0.1) is 23.4 Å². The van der Waals surface area contributed by atoms with Gasteiger partial charge in [0, 0.05) is 50.7 Å². The van der Waals surface area contributed by atoms with Crippen molar-refractivity contribution in [2.45, 2.75) is 18.2 Å². The number of alkyl halides is 1. The second-order valence-corrected chi connectivity index (χ2v) is 9.05. The molecule has 1 aliphatic heterocycles. The van der Waals surface area contributed by atoms with E-state index < -0.39 is 0 Å². The van der Waals surface area contributed by atoms with Gasteiger partial charge in [-0.3, -0.25) is 4.79 Å². The molecule has 0 spiro atoms. The van der Waals surface area contributed by atoms with Crippen LogP contribution < -0.4 is 21.1 Å². The molecule has 0 unspecified atom stereocenters. The minimum Gasteiger partial charge on any atom is -0.496 e. The molecule has 1 heterocycles. The van der Waals surface area contributed by atoms with Crippen molar-refractivity contribution in [3.8, 4) is 16.9 Å². The van der Waals surface area contributed by atoms with Crippen LogP contribution in [-0.2, 0) is 38.0 Å². The van der Waals surface area contributed by atoms with Gasteiger partial charge in [0.15, 0.2) is 0 Å². The summed E-state index contributed by atoms with van der Waals surface area (Å²) in [6, 6.07) is 22.9. The Labute approximate surface area is 246 Å². The number of ether oxygens (including phenoxy) is 1. The van der Waals surface area contributed by atoms with E-state index >= 15 is 0 Å². The summed E-state index contributed by atoms with van der Waals surface area (Å²) in [5.41, 5.74) is 10.2. The molecule has 3 aromatic carbocycles. The Bertz CT molecular complexity index is 1060. The van der Waals surface area contributed by atoms with Gasteiger partial charge in [-0.1, -0.05) is 57.4 Å². The first-order valence-electron chi connectivity index (χ1n) is 11.3. The van der Waals surface area contributed by atoms with Crippen LogP contribution in [0.2, 0.25) is 5.02 Å². The van der Waals surface area contributed by atoms with Crippen molar-refractivity contribution in [3.63, 3.8) is 0 Å². The molecule has 183 valence electrons. The molecule has 1 radical (unpaired) electrons. The molecule has 5 nitrogen and oxygen atoms in total. The van der Waals surface area contributed by atoms with Crippen LogP contribution in [0.5, 0.6) is 5.75 Å². The Balaban J connectivity index is 0.000000254. The van der Waals surface area contributed by atoms with Gasteiger partial charge in [-0.05, 0) is 43.5 Å². The summed E-state index contributed by atoms with van der Waals surface area (Å²) >= 11 is 9.40. The summed E-state index contributed by atoms with van der Waals surface area (Å²) in [6.45, 7) is 2.70. The zero-order valence-corrected chi connectivity index (χ0v) is 25.0. The first-order chi connectivity index (χ1) is 16.5. The van der Waals surface area contributed by atoms with Crippen molar-refractivity contribution < 1.29 is 42.2 Å². The Kier molecular flexibility index (Phi) is 13.3. The van der Waals surface area contributed by atoms with Crippen LogP contribution >= 0.6 is 27.5 Å². The minimum atomic E-state index is -0.178.